The van der Waals surface area contributed by atoms with Crippen LogP contribution in [0, 0.1) is 11.3 Å². The lowest BCUT2D eigenvalue weighted by Gasteiger charge is -1.76. The molecule has 0 saturated carbocycles. The summed E-state index contributed by atoms with van der Waals surface area (Å²) in [5.41, 5.74) is 0.757. The molecule has 0 fully saturated rings. The van der Waals surface area contributed by atoms with Crippen LogP contribution in [-0.2, 0) is 6.42 Å². The first-order chi connectivity index (χ1) is 4.33. The minimum Gasteiger partial charge on any atom is -0.229 e. The van der Waals surface area contributed by atoms with Gasteiger partial charge >= 0.3 is 0 Å². The second kappa shape index (κ2) is 2.81. The summed E-state index contributed by atoms with van der Waals surface area (Å²) in [7, 11) is 0. The zero-order chi connectivity index (χ0) is 6.69. The van der Waals surface area contributed by atoms with E-state index in [1.165, 1.54) is 11.3 Å². The van der Waals surface area contributed by atoms with Crippen LogP contribution in [0.15, 0.2) is 5.38 Å². The Morgan fingerprint density at radius 2 is 2.67 bits per heavy atom. The Labute approximate surface area is 61.7 Å². The third-order valence-electron chi connectivity index (χ3n) is 0.784. The summed E-state index contributed by atoms with van der Waals surface area (Å²) in [6.07, 6.45) is 0.350. The highest BCUT2D eigenvalue weighted by atomic mass is 35.5. The van der Waals surface area contributed by atoms with Crippen LogP contribution in [0.5, 0.6) is 0 Å². The maximum Gasteiger partial charge on any atom is 0.183 e. The van der Waals surface area contributed by atoms with Gasteiger partial charge in [0.1, 0.15) is 0 Å². The lowest BCUT2D eigenvalue weighted by molar-refractivity contribution is 1.16. The summed E-state index contributed by atoms with van der Waals surface area (Å²) in [6.45, 7) is 0. The standard InChI is InChI=1S/C5H3ClN2S/c6-5-8-4(1-2-7)3-9-5/h3H,1H2. The van der Waals surface area contributed by atoms with Crippen molar-refractivity contribution >= 4 is 22.9 Å². The topological polar surface area (TPSA) is 36.7 Å². The van der Waals surface area contributed by atoms with Crippen molar-refractivity contribution in [1.82, 2.24) is 4.98 Å². The monoisotopic (exact) mass is 158 g/mol. The molecule has 0 aliphatic heterocycles. The zero-order valence-electron chi connectivity index (χ0n) is 4.47. The zero-order valence-corrected chi connectivity index (χ0v) is 6.04. The third-order valence-corrected chi connectivity index (χ3v) is 1.81. The Morgan fingerprint density at radius 3 is 3.11 bits per heavy atom. The molecule has 0 spiro atoms. The molecule has 0 atom stereocenters. The average molecular weight is 159 g/mol. The number of nitriles is 1. The minimum absolute atomic E-state index is 0.350. The molecule has 1 rings (SSSR count). The van der Waals surface area contributed by atoms with Crippen molar-refractivity contribution in [2.75, 3.05) is 0 Å². The van der Waals surface area contributed by atoms with Gasteiger partial charge in [-0.25, -0.2) is 4.98 Å². The highest BCUT2D eigenvalue weighted by Crippen LogP contribution is 2.14. The SMILES string of the molecule is N#CCc1csc(Cl)n1. The second-order valence-corrected chi connectivity index (χ2v) is 2.87. The van der Waals surface area contributed by atoms with Crippen LogP contribution in [-0.4, -0.2) is 4.98 Å². The van der Waals surface area contributed by atoms with Gasteiger partial charge in [-0.1, -0.05) is 11.6 Å². The molecule has 46 valence electrons. The first kappa shape index (κ1) is 6.53. The predicted molar refractivity (Wildman–Crippen MR) is 36.4 cm³/mol. The van der Waals surface area contributed by atoms with Gasteiger partial charge < -0.3 is 0 Å². The van der Waals surface area contributed by atoms with E-state index in [1.807, 2.05) is 6.07 Å². The van der Waals surface area contributed by atoms with E-state index < -0.39 is 0 Å². The summed E-state index contributed by atoms with van der Waals surface area (Å²) < 4.78 is 0.500. The Kier molecular flexibility index (Phi) is 2.04. The van der Waals surface area contributed by atoms with Gasteiger partial charge in [0.05, 0.1) is 18.2 Å². The molecule has 1 aromatic heterocycles. The Bertz CT molecular complexity index is 237. The van der Waals surface area contributed by atoms with Crippen LogP contribution in [0.1, 0.15) is 5.69 Å². The van der Waals surface area contributed by atoms with E-state index in [1.54, 1.807) is 5.38 Å². The van der Waals surface area contributed by atoms with Gasteiger partial charge in [-0.3, -0.25) is 0 Å². The van der Waals surface area contributed by atoms with E-state index in [0.717, 1.165) is 5.69 Å². The maximum absolute atomic E-state index is 8.20. The highest BCUT2D eigenvalue weighted by Gasteiger charge is 1.95. The van der Waals surface area contributed by atoms with Gasteiger partial charge in [-0.2, -0.15) is 5.26 Å². The molecule has 0 aliphatic carbocycles. The molecule has 2 nitrogen and oxygen atoms in total. The van der Waals surface area contributed by atoms with E-state index in [9.17, 15) is 0 Å². The Balaban J connectivity index is 2.76. The molecule has 0 N–H and O–H groups in total. The molecule has 0 bridgehead atoms. The number of nitrogens with zero attached hydrogens (tertiary/aromatic N) is 2. The highest BCUT2D eigenvalue weighted by molar-refractivity contribution is 7.13. The quantitative estimate of drug-likeness (QED) is 0.626. The fraction of sp³-hybridized carbons (Fsp3) is 0.200. The van der Waals surface area contributed by atoms with Crippen molar-refractivity contribution < 1.29 is 0 Å². The average Bonchev–Trinajstić information content (AvgIpc) is 2.17. The van der Waals surface area contributed by atoms with Crippen LogP contribution in [0.4, 0.5) is 0 Å². The number of hydrogen-bond donors (Lipinski definition) is 0. The third kappa shape index (κ3) is 1.67. The number of hydrogen-bond acceptors (Lipinski definition) is 3. The van der Waals surface area contributed by atoms with E-state index >= 15 is 0 Å². The first-order valence-corrected chi connectivity index (χ1v) is 3.55. The molecule has 0 radical (unpaired) electrons. The minimum atomic E-state index is 0.350. The van der Waals surface area contributed by atoms with E-state index in [2.05, 4.69) is 4.98 Å². The van der Waals surface area contributed by atoms with E-state index in [4.69, 9.17) is 16.9 Å². The second-order valence-electron chi connectivity index (χ2n) is 1.43. The number of rotatable bonds is 1. The molecular weight excluding hydrogens is 156 g/mol. The molecule has 9 heavy (non-hydrogen) atoms. The summed E-state index contributed by atoms with van der Waals surface area (Å²) in [5, 5.41) is 9.98. The fourth-order valence-corrected chi connectivity index (χ4v) is 1.23. The summed E-state index contributed by atoms with van der Waals surface area (Å²) in [4.78, 5) is 3.86. The van der Waals surface area contributed by atoms with Gasteiger partial charge in [-0.15, -0.1) is 11.3 Å². The smallest absolute Gasteiger partial charge is 0.183 e. The molecule has 1 aromatic rings. The van der Waals surface area contributed by atoms with Crippen molar-refractivity contribution in [2.45, 2.75) is 6.42 Å². The molecule has 4 heteroatoms. The van der Waals surface area contributed by atoms with Crippen molar-refractivity contribution in [3.05, 3.63) is 15.5 Å². The van der Waals surface area contributed by atoms with Crippen LogP contribution in [0.25, 0.3) is 0 Å². The normalized spacial score (nSPS) is 8.89. The molecule has 0 unspecified atom stereocenters. The number of aromatic nitrogens is 1. The number of halogens is 1. The molecule has 0 saturated heterocycles. The summed E-state index contributed by atoms with van der Waals surface area (Å²) >= 11 is 6.84. The van der Waals surface area contributed by atoms with Gasteiger partial charge in [-0.05, 0) is 0 Å². The first-order valence-electron chi connectivity index (χ1n) is 2.30. The Hall–Kier alpha value is -0.590. The largest absolute Gasteiger partial charge is 0.229 e. The van der Waals surface area contributed by atoms with E-state index in [-0.39, 0.29) is 0 Å². The maximum atomic E-state index is 8.20. The van der Waals surface area contributed by atoms with Crippen molar-refractivity contribution in [3.8, 4) is 6.07 Å². The summed E-state index contributed by atoms with van der Waals surface area (Å²) in [5.74, 6) is 0. The van der Waals surface area contributed by atoms with Crippen LogP contribution < -0.4 is 0 Å². The van der Waals surface area contributed by atoms with Gasteiger partial charge in [0.2, 0.25) is 0 Å². The summed E-state index contributed by atoms with van der Waals surface area (Å²) in [6, 6.07) is 1.98. The van der Waals surface area contributed by atoms with Gasteiger partial charge in [0.25, 0.3) is 0 Å². The molecular formula is C5H3ClN2S. The lowest BCUT2D eigenvalue weighted by atomic mass is 10.4. The molecule has 0 aromatic carbocycles. The number of thiazole rings is 1. The predicted octanol–water partition coefficient (Wildman–Crippen LogP) is 1.86. The van der Waals surface area contributed by atoms with Crippen molar-refractivity contribution in [3.63, 3.8) is 0 Å². The van der Waals surface area contributed by atoms with E-state index in [0.29, 0.717) is 10.9 Å². The van der Waals surface area contributed by atoms with Gasteiger partial charge in [0, 0.05) is 5.38 Å². The van der Waals surface area contributed by atoms with Crippen molar-refractivity contribution in [2.24, 2.45) is 0 Å². The van der Waals surface area contributed by atoms with Crippen molar-refractivity contribution in [1.29, 1.82) is 5.26 Å². The molecule has 1 heterocycles. The fourth-order valence-electron chi connectivity index (χ4n) is 0.444. The van der Waals surface area contributed by atoms with Crippen LogP contribution in [0.3, 0.4) is 0 Å². The lowest BCUT2D eigenvalue weighted by Crippen LogP contribution is -1.77. The Morgan fingerprint density at radius 1 is 1.89 bits per heavy atom. The van der Waals surface area contributed by atoms with Gasteiger partial charge in [0.15, 0.2) is 4.47 Å². The molecule has 0 aliphatic rings. The van der Waals surface area contributed by atoms with Crippen LogP contribution in [0.2, 0.25) is 4.47 Å². The molecule has 0 amide bonds. The van der Waals surface area contributed by atoms with Crippen LogP contribution >= 0.6 is 22.9 Å².